The second-order valence-corrected chi connectivity index (χ2v) is 12.6. The van der Waals surface area contributed by atoms with Gasteiger partial charge in [-0.2, -0.15) is 0 Å². The Bertz CT molecular complexity index is 970. The molecule has 2 atom stereocenters. The molecule has 0 saturated carbocycles. The van der Waals surface area contributed by atoms with Gasteiger partial charge in [0.25, 0.3) is 0 Å². The van der Waals surface area contributed by atoms with Crippen LogP contribution in [0.3, 0.4) is 0 Å². The van der Waals surface area contributed by atoms with Crippen LogP contribution in [-0.4, -0.2) is 39.5 Å². The van der Waals surface area contributed by atoms with Crippen molar-refractivity contribution in [2.45, 2.75) is 38.5 Å². The monoisotopic (exact) mass is 852 g/mol. The molecule has 1 aliphatic rings. The van der Waals surface area contributed by atoms with Crippen molar-refractivity contribution in [2.24, 2.45) is 0 Å². The first-order chi connectivity index (χ1) is 16.8. The predicted molar refractivity (Wildman–Crippen MR) is 125 cm³/mol. The molecule has 0 amide bonds. The Balaban J connectivity index is 0.000000203. The molecule has 3 aromatic rings. The normalized spacial score (nSPS) is 20.9. The van der Waals surface area contributed by atoms with Crippen LogP contribution in [0.2, 0.25) is 7.86 Å². The van der Waals surface area contributed by atoms with Crippen molar-refractivity contribution in [3.63, 3.8) is 0 Å². The quantitative estimate of drug-likeness (QED) is 0.309. The molecule has 3 aromatic carbocycles. The molecule has 1 saturated heterocycles. The molecular formula is C27H28Hg2O6. The average Bonchev–Trinajstić information content (AvgIpc) is 2.90. The Kier molecular flexibility index (Phi) is 13.1. The maximum absolute atomic E-state index is 10.9. The van der Waals surface area contributed by atoms with E-state index in [1.807, 2.05) is 18.2 Å². The molecule has 4 rings (SSSR count). The summed E-state index contributed by atoms with van der Waals surface area (Å²) >= 11 is 1.50. The minimum atomic E-state index is -0.879. The molecule has 0 spiro atoms. The number of carbonyl (C=O) groups is 2. The molecule has 176 valence electrons. The molecule has 3 N–H and O–H groups in total. The van der Waals surface area contributed by atoms with E-state index in [1.165, 1.54) is 7.86 Å². The summed E-state index contributed by atoms with van der Waals surface area (Å²) in [5, 5.41) is 27.7. The summed E-state index contributed by atoms with van der Waals surface area (Å²) in [5.74, 6) is -1.76. The van der Waals surface area contributed by atoms with Crippen molar-refractivity contribution in [1.82, 2.24) is 0 Å². The summed E-state index contributed by atoms with van der Waals surface area (Å²) < 4.78 is 8.40. The van der Waals surface area contributed by atoms with Gasteiger partial charge in [-0.1, -0.05) is 36.4 Å². The molecule has 0 radical (unpaired) electrons. The zero-order valence-electron chi connectivity index (χ0n) is 19.6. The van der Waals surface area contributed by atoms with E-state index in [4.69, 9.17) is 14.9 Å². The molecule has 0 bridgehead atoms. The van der Waals surface area contributed by atoms with Gasteiger partial charge in [0.2, 0.25) is 0 Å². The molecular weight excluding hydrogens is 821 g/mol. The van der Waals surface area contributed by atoms with Gasteiger partial charge in [0, 0.05) is 0 Å². The molecule has 1 fully saturated rings. The third kappa shape index (κ3) is 10.1. The molecule has 0 aliphatic carbocycles. The number of rotatable bonds is 5. The van der Waals surface area contributed by atoms with Crippen LogP contribution in [0.1, 0.15) is 39.1 Å². The molecule has 0 aromatic heterocycles. The maximum atomic E-state index is 10.9. The summed E-state index contributed by atoms with van der Waals surface area (Å²) in [5.41, 5.74) is 1.09. The van der Waals surface area contributed by atoms with Crippen LogP contribution in [0.5, 0.6) is 0 Å². The van der Waals surface area contributed by atoms with Crippen molar-refractivity contribution in [2.75, 3.05) is 0 Å². The first kappa shape index (κ1) is 29.6. The molecule has 2 unspecified atom stereocenters. The van der Waals surface area contributed by atoms with E-state index >= 15 is 0 Å². The van der Waals surface area contributed by atoms with Crippen LogP contribution < -0.4 is 0 Å². The molecule has 35 heavy (non-hydrogen) atoms. The fourth-order valence-corrected chi connectivity index (χ4v) is 6.34. The van der Waals surface area contributed by atoms with Gasteiger partial charge in [-0.3, -0.25) is 0 Å². The fraction of sp³-hybridized carbons (Fsp3) is 0.259. The van der Waals surface area contributed by atoms with Gasteiger partial charge in [0.05, 0.1) is 11.1 Å². The van der Waals surface area contributed by atoms with Gasteiger partial charge in [-0.15, -0.1) is 0 Å². The molecule has 1 heterocycles. The Morgan fingerprint density at radius 2 is 1.06 bits per heavy atom. The van der Waals surface area contributed by atoms with Crippen LogP contribution in [0, 0.1) is 0 Å². The van der Waals surface area contributed by atoms with Crippen LogP contribution in [-0.2, 0) is 62.6 Å². The summed E-state index contributed by atoms with van der Waals surface area (Å²) in [6.07, 6.45) is 2.16. The van der Waals surface area contributed by atoms with Gasteiger partial charge in [0.1, 0.15) is 0 Å². The van der Waals surface area contributed by atoms with Crippen molar-refractivity contribution >= 4 is 11.9 Å². The van der Waals surface area contributed by atoms with E-state index in [0.717, 1.165) is 70.6 Å². The first-order valence-corrected chi connectivity index (χ1v) is 19.1. The molecule has 8 heteroatoms. The second-order valence-electron chi connectivity index (χ2n) is 8.11. The zero-order chi connectivity index (χ0) is 25.7. The SMILES string of the molecule is O=C(O)c1ccccc1.O=C(O)c1ccccc1.OC1(c2ccccc2)CC([CH2][Hg])OC([CH2][Hg])C1. The second kappa shape index (κ2) is 15.5. The number of ether oxygens (including phenoxy) is 1. The van der Waals surface area contributed by atoms with Crippen LogP contribution in [0.15, 0.2) is 91.0 Å². The summed E-state index contributed by atoms with van der Waals surface area (Å²) in [6, 6.07) is 26.7. The number of benzene rings is 3. The average molecular weight is 850 g/mol. The number of aromatic carboxylic acids is 2. The zero-order valence-corrected chi connectivity index (χ0v) is 30.6. The molecule has 6 nitrogen and oxygen atoms in total. The van der Waals surface area contributed by atoms with Crippen molar-refractivity contribution < 1.29 is 81.9 Å². The Hall–Kier alpha value is -1.61. The van der Waals surface area contributed by atoms with E-state index in [-0.39, 0.29) is 0 Å². The van der Waals surface area contributed by atoms with Crippen LogP contribution in [0.25, 0.3) is 0 Å². The summed E-state index contributed by atoms with van der Waals surface area (Å²) in [7, 11) is 0. The van der Waals surface area contributed by atoms with Crippen molar-refractivity contribution in [3.8, 4) is 0 Å². The predicted octanol–water partition coefficient (Wildman–Crippen LogP) is 5.12. The molecule has 1 aliphatic heterocycles. The summed E-state index contributed by atoms with van der Waals surface area (Å²) in [4.78, 5) is 20.4. The summed E-state index contributed by atoms with van der Waals surface area (Å²) in [6.45, 7) is 0. The number of hydrogen-bond acceptors (Lipinski definition) is 4. The Morgan fingerprint density at radius 1 is 0.714 bits per heavy atom. The number of aliphatic hydroxyl groups is 1. The number of carboxylic acids is 2. The fourth-order valence-electron chi connectivity index (χ4n) is 3.69. The minimum absolute atomic E-state index is 0.297. The standard InChI is InChI=1S/C13H16O2.2C7H6O2.2Hg/c1-10-8-13(14,9-11(2)15-10)12-6-4-3-5-7-12;2*8-7(9)6-4-2-1-3-5-6;;/h3-7,10-11,14H,1-2,8-9H2;2*1-5H,(H,8,9);;. The van der Waals surface area contributed by atoms with E-state index in [2.05, 4.69) is 12.1 Å². The first-order valence-electron chi connectivity index (χ1n) is 11.4. The van der Waals surface area contributed by atoms with E-state index < -0.39 is 17.5 Å². The van der Waals surface area contributed by atoms with Gasteiger partial charge in [-0.25, -0.2) is 9.59 Å². The van der Waals surface area contributed by atoms with Gasteiger partial charge >= 0.3 is 148 Å². The van der Waals surface area contributed by atoms with E-state index in [0.29, 0.717) is 23.3 Å². The van der Waals surface area contributed by atoms with Crippen LogP contribution in [0.4, 0.5) is 0 Å². The topological polar surface area (TPSA) is 104 Å². The number of carboxylic acid groups (broad SMARTS) is 2. The van der Waals surface area contributed by atoms with E-state index in [1.54, 1.807) is 60.7 Å². The van der Waals surface area contributed by atoms with Crippen molar-refractivity contribution in [1.29, 1.82) is 0 Å². The van der Waals surface area contributed by atoms with E-state index in [9.17, 15) is 14.7 Å². The van der Waals surface area contributed by atoms with Crippen molar-refractivity contribution in [3.05, 3.63) is 108 Å². The van der Waals surface area contributed by atoms with Gasteiger partial charge in [0.15, 0.2) is 0 Å². The third-order valence-corrected chi connectivity index (χ3v) is 10.5. The Morgan fingerprint density at radius 3 is 1.34 bits per heavy atom. The Labute approximate surface area is 238 Å². The van der Waals surface area contributed by atoms with Crippen LogP contribution >= 0.6 is 0 Å². The van der Waals surface area contributed by atoms with Gasteiger partial charge < -0.3 is 10.2 Å². The number of hydrogen-bond donors (Lipinski definition) is 3. The van der Waals surface area contributed by atoms with Gasteiger partial charge in [-0.05, 0) is 24.3 Å². The third-order valence-electron chi connectivity index (χ3n) is 5.51.